The molecule has 96 valence electrons. The van der Waals surface area contributed by atoms with Crippen LogP contribution in [-0.2, 0) is 4.74 Å². The molecule has 2 N–H and O–H groups in total. The Kier molecular flexibility index (Phi) is 7.49. The minimum atomic E-state index is 0.382. The molecule has 1 atom stereocenters. The molecule has 0 amide bonds. The average molecular weight is 300 g/mol. The number of benzene rings is 1. The van der Waals surface area contributed by atoms with Crippen molar-refractivity contribution < 1.29 is 4.74 Å². The van der Waals surface area contributed by atoms with E-state index in [9.17, 15) is 0 Å². The molecule has 1 aromatic rings. The molecule has 0 fully saturated rings. The molecule has 0 aromatic heterocycles. The van der Waals surface area contributed by atoms with Crippen LogP contribution in [0.1, 0.15) is 37.7 Å². The van der Waals surface area contributed by atoms with Gasteiger partial charge in [0, 0.05) is 17.7 Å². The molecule has 0 aliphatic heterocycles. The Morgan fingerprint density at radius 2 is 2.06 bits per heavy atom. The standard InChI is InChI=1S/C14H22BrNO/c1-2-3-9-17-10-8-12(11-16)13-6-4-5-7-14(13)15/h4-7,12H,2-3,8-11,16H2,1H3. The first kappa shape index (κ1) is 14.7. The van der Waals surface area contributed by atoms with E-state index < -0.39 is 0 Å². The maximum absolute atomic E-state index is 5.84. The quantitative estimate of drug-likeness (QED) is 0.743. The molecule has 2 nitrogen and oxygen atoms in total. The van der Waals surface area contributed by atoms with Crippen molar-refractivity contribution in [3.63, 3.8) is 0 Å². The van der Waals surface area contributed by atoms with E-state index in [4.69, 9.17) is 10.5 Å². The van der Waals surface area contributed by atoms with E-state index in [0.29, 0.717) is 12.5 Å². The highest BCUT2D eigenvalue weighted by atomic mass is 79.9. The van der Waals surface area contributed by atoms with Crippen LogP contribution in [0.4, 0.5) is 0 Å². The van der Waals surface area contributed by atoms with Gasteiger partial charge in [-0.3, -0.25) is 0 Å². The van der Waals surface area contributed by atoms with E-state index in [-0.39, 0.29) is 0 Å². The van der Waals surface area contributed by atoms with Crippen LogP contribution in [0.5, 0.6) is 0 Å². The number of rotatable bonds is 8. The molecule has 1 aromatic carbocycles. The second-order valence-electron chi connectivity index (χ2n) is 4.21. The second-order valence-corrected chi connectivity index (χ2v) is 5.06. The number of nitrogens with two attached hydrogens (primary N) is 1. The molecule has 0 spiro atoms. The monoisotopic (exact) mass is 299 g/mol. The van der Waals surface area contributed by atoms with E-state index in [0.717, 1.165) is 30.5 Å². The average Bonchev–Trinajstić information content (AvgIpc) is 2.35. The summed E-state index contributed by atoms with van der Waals surface area (Å²) in [7, 11) is 0. The highest BCUT2D eigenvalue weighted by Gasteiger charge is 2.12. The molecule has 0 aliphatic carbocycles. The van der Waals surface area contributed by atoms with Crippen LogP contribution in [0.25, 0.3) is 0 Å². The molecular formula is C14H22BrNO. The first-order valence-corrected chi connectivity index (χ1v) is 7.11. The first-order valence-electron chi connectivity index (χ1n) is 6.31. The summed E-state index contributed by atoms with van der Waals surface area (Å²) in [4.78, 5) is 0. The van der Waals surface area contributed by atoms with Crippen LogP contribution in [0.2, 0.25) is 0 Å². The molecule has 0 heterocycles. The first-order chi connectivity index (χ1) is 8.29. The topological polar surface area (TPSA) is 35.2 Å². The summed E-state index contributed by atoms with van der Waals surface area (Å²) in [5.41, 5.74) is 7.12. The van der Waals surface area contributed by atoms with E-state index >= 15 is 0 Å². The molecular weight excluding hydrogens is 278 g/mol. The molecule has 0 aliphatic rings. The highest BCUT2D eigenvalue weighted by Crippen LogP contribution is 2.26. The Hall–Kier alpha value is -0.380. The minimum Gasteiger partial charge on any atom is -0.381 e. The fourth-order valence-corrected chi connectivity index (χ4v) is 2.39. The van der Waals surface area contributed by atoms with Gasteiger partial charge in [0.15, 0.2) is 0 Å². The fraction of sp³-hybridized carbons (Fsp3) is 0.571. The Bertz CT molecular complexity index is 317. The van der Waals surface area contributed by atoms with E-state index in [1.165, 1.54) is 12.0 Å². The maximum Gasteiger partial charge on any atom is 0.0472 e. The third kappa shape index (κ3) is 5.19. The second kappa shape index (κ2) is 8.67. The zero-order valence-corrected chi connectivity index (χ0v) is 12.1. The van der Waals surface area contributed by atoms with Crippen molar-refractivity contribution in [2.75, 3.05) is 19.8 Å². The maximum atomic E-state index is 5.84. The summed E-state index contributed by atoms with van der Waals surface area (Å²) in [6, 6.07) is 8.28. The Labute approximate surface area is 113 Å². The van der Waals surface area contributed by atoms with Gasteiger partial charge in [0.25, 0.3) is 0 Å². The van der Waals surface area contributed by atoms with Crippen LogP contribution >= 0.6 is 15.9 Å². The summed E-state index contributed by atoms with van der Waals surface area (Å²) in [5.74, 6) is 0.382. The van der Waals surface area contributed by atoms with Gasteiger partial charge >= 0.3 is 0 Å². The summed E-state index contributed by atoms with van der Waals surface area (Å²) < 4.78 is 6.74. The Morgan fingerprint density at radius 1 is 1.29 bits per heavy atom. The Morgan fingerprint density at radius 3 is 2.71 bits per heavy atom. The number of ether oxygens (including phenoxy) is 1. The van der Waals surface area contributed by atoms with Crippen molar-refractivity contribution in [2.24, 2.45) is 5.73 Å². The summed E-state index contributed by atoms with van der Waals surface area (Å²) in [6.07, 6.45) is 3.32. The molecule has 0 saturated carbocycles. The van der Waals surface area contributed by atoms with Gasteiger partial charge in [-0.1, -0.05) is 47.5 Å². The van der Waals surface area contributed by atoms with E-state index in [2.05, 4.69) is 41.1 Å². The highest BCUT2D eigenvalue weighted by molar-refractivity contribution is 9.10. The summed E-state index contributed by atoms with van der Waals surface area (Å²) >= 11 is 3.58. The number of hydrogen-bond acceptors (Lipinski definition) is 2. The van der Waals surface area contributed by atoms with Crippen LogP contribution in [0.3, 0.4) is 0 Å². The molecule has 0 bridgehead atoms. The Balaban J connectivity index is 2.41. The zero-order valence-electron chi connectivity index (χ0n) is 10.5. The van der Waals surface area contributed by atoms with Gasteiger partial charge in [-0.2, -0.15) is 0 Å². The van der Waals surface area contributed by atoms with Crippen molar-refractivity contribution in [3.05, 3.63) is 34.3 Å². The summed E-state index contributed by atoms with van der Waals surface area (Å²) in [5, 5.41) is 0. The SMILES string of the molecule is CCCCOCCC(CN)c1ccccc1Br. The van der Waals surface area contributed by atoms with Crippen molar-refractivity contribution in [2.45, 2.75) is 32.1 Å². The van der Waals surface area contributed by atoms with E-state index in [1.807, 2.05) is 6.07 Å². The molecule has 3 heteroatoms. The lowest BCUT2D eigenvalue weighted by atomic mass is 9.96. The van der Waals surface area contributed by atoms with Gasteiger partial charge in [-0.15, -0.1) is 0 Å². The molecule has 1 rings (SSSR count). The van der Waals surface area contributed by atoms with Crippen molar-refractivity contribution in [1.29, 1.82) is 0 Å². The predicted molar refractivity (Wildman–Crippen MR) is 76.3 cm³/mol. The molecule has 0 radical (unpaired) electrons. The number of halogens is 1. The number of unbranched alkanes of at least 4 members (excludes halogenated alkanes) is 1. The number of hydrogen-bond donors (Lipinski definition) is 1. The van der Waals surface area contributed by atoms with Gasteiger partial charge in [-0.05, 0) is 36.9 Å². The van der Waals surface area contributed by atoms with Gasteiger partial charge in [0.05, 0.1) is 0 Å². The summed E-state index contributed by atoms with van der Waals surface area (Å²) in [6.45, 7) is 4.50. The normalized spacial score (nSPS) is 12.6. The zero-order chi connectivity index (χ0) is 12.5. The van der Waals surface area contributed by atoms with Crippen molar-refractivity contribution in [1.82, 2.24) is 0 Å². The largest absolute Gasteiger partial charge is 0.381 e. The van der Waals surface area contributed by atoms with Gasteiger partial charge < -0.3 is 10.5 Å². The third-order valence-corrected chi connectivity index (χ3v) is 3.60. The van der Waals surface area contributed by atoms with Crippen molar-refractivity contribution >= 4 is 15.9 Å². The predicted octanol–water partition coefficient (Wildman–Crippen LogP) is 3.70. The lowest BCUT2D eigenvalue weighted by Crippen LogP contribution is -2.15. The van der Waals surface area contributed by atoms with Gasteiger partial charge in [0.2, 0.25) is 0 Å². The van der Waals surface area contributed by atoms with Gasteiger partial charge in [-0.25, -0.2) is 0 Å². The van der Waals surface area contributed by atoms with Gasteiger partial charge in [0.1, 0.15) is 0 Å². The molecule has 0 saturated heterocycles. The molecule has 17 heavy (non-hydrogen) atoms. The van der Waals surface area contributed by atoms with Crippen LogP contribution in [-0.4, -0.2) is 19.8 Å². The van der Waals surface area contributed by atoms with E-state index in [1.54, 1.807) is 0 Å². The third-order valence-electron chi connectivity index (χ3n) is 2.88. The molecule has 1 unspecified atom stereocenters. The van der Waals surface area contributed by atoms with Crippen LogP contribution < -0.4 is 5.73 Å². The van der Waals surface area contributed by atoms with Crippen LogP contribution in [0, 0.1) is 0 Å². The van der Waals surface area contributed by atoms with Crippen LogP contribution in [0.15, 0.2) is 28.7 Å². The minimum absolute atomic E-state index is 0.382. The lowest BCUT2D eigenvalue weighted by Gasteiger charge is -2.16. The fourth-order valence-electron chi connectivity index (χ4n) is 1.78. The lowest BCUT2D eigenvalue weighted by molar-refractivity contribution is 0.124. The smallest absolute Gasteiger partial charge is 0.0472 e. The van der Waals surface area contributed by atoms with Crippen molar-refractivity contribution in [3.8, 4) is 0 Å².